The van der Waals surface area contributed by atoms with E-state index in [9.17, 15) is 0 Å². The second-order valence-corrected chi connectivity index (χ2v) is 5.59. The average Bonchev–Trinajstić information content (AvgIpc) is 2.54. The van der Waals surface area contributed by atoms with Gasteiger partial charge in [-0.05, 0) is 29.8 Å². The number of halogens is 2. The van der Waals surface area contributed by atoms with Gasteiger partial charge >= 0.3 is 0 Å². The molecule has 0 radical (unpaired) electrons. The molecule has 116 valence electrons. The largest absolute Gasteiger partial charge is 0.364 e. The molecule has 5 nitrogen and oxygen atoms in total. The van der Waals surface area contributed by atoms with Crippen molar-refractivity contribution in [3.05, 3.63) is 70.3 Å². The van der Waals surface area contributed by atoms with Crippen molar-refractivity contribution in [3.8, 4) is 0 Å². The third kappa shape index (κ3) is 4.31. The summed E-state index contributed by atoms with van der Waals surface area (Å²) in [7, 11) is 0. The van der Waals surface area contributed by atoms with Gasteiger partial charge in [-0.1, -0.05) is 47.5 Å². The first-order chi connectivity index (χ1) is 11.2. The lowest BCUT2D eigenvalue weighted by atomic mass is 10.2. The highest BCUT2D eigenvalue weighted by Gasteiger charge is 2.03. The first-order valence-corrected chi connectivity index (χ1v) is 7.66. The molecule has 3 rings (SSSR count). The van der Waals surface area contributed by atoms with Crippen LogP contribution < -0.4 is 10.6 Å². The lowest BCUT2D eigenvalue weighted by Crippen LogP contribution is -2.06. The molecule has 0 aliphatic heterocycles. The van der Waals surface area contributed by atoms with Gasteiger partial charge in [0.2, 0.25) is 5.95 Å². The SMILES string of the molecule is Clc1cccc(Nc2nncc(NCc3ccccc3Cl)n2)c1. The van der Waals surface area contributed by atoms with Gasteiger partial charge in [0.05, 0.1) is 6.20 Å². The van der Waals surface area contributed by atoms with Crippen molar-refractivity contribution in [3.63, 3.8) is 0 Å². The van der Waals surface area contributed by atoms with E-state index >= 15 is 0 Å². The number of rotatable bonds is 5. The molecule has 0 saturated heterocycles. The predicted molar refractivity (Wildman–Crippen MR) is 93.3 cm³/mol. The van der Waals surface area contributed by atoms with Crippen LogP contribution >= 0.6 is 23.2 Å². The van der Waals surface area contributed by atoms with Gasteiger partial charge in [-0.2, -0.15) is 10.1 Å². The summed E-state index contributed by atoms with van der Waals surface area (Å²) in [5, 5.41) is 15.5. The molecule has 0 unspecified atom stereocenters. The number of aromatic nitrogens is 3. The van der Waals surface area contributed by atoms with E-state index in [1.165, 1.54) is 0 Å². The minimum Gasteiger partial charge on any atom is -0.364 e. The quantitative estimate of drug-likeness (QED) is 0.710. The van der Waals surface area contributed by atoms with Crippen LogP contribution in [-0.4, -0.2) is 15.2 Å². The van der Waals surface area contributed by atoms with Gasteiger partial charge in [0.25, 0.3) is 0 Å². The van der Waals surface area contributed by atoms with Gasteiger partial charge in [-0.3, -0.25) is 0 Å². The van der Waals surface area contributed by atoms with Gasteiger partial charge in [-0.15, -0.1) is 5.10 Å². The van der Waals surface area contributed by atoms with E-state index in [0.29, 0.717) is 28.4 Å². The number of nitrogens with one attached hydrogen (secondary N) is 2. The molecule has 2 N–H and O–H groups in total. The second kappa shape index (κ2) is 7.26. The van der Waals surface area contributed by atoms with E-state index < -0.39 is 0 Å². The van der Waals surface area contributed by atoms with Crippen LogP contribution in [0.1, 0.15) is 5.56 Å². The molecule has 3 aromatic rings. The van der Waals surface area contributed by atoms with E-state index in [4.69, 9.17) is 23.2 Å². The van der Waals surface area contributed by atoms with Gasteiger partial charge in [-0.25, -0.2) is 0 Å². The number of hydrogen-bond donors (Lipinski definition) is 2. The highest BCUT2D eigenvalue weighted by molar-refractivity contribution is 6.31. The smallest absolute Gasteiger partial charge is 0.249 e. The summed E-state index contributed by atoms with van der Waals surface area (Å²) >= 11 is 12.1. The minimum atomic E-state index is 0.386. The molecule has 0 saturated carbocycles. The Hall–Kier alpha value is -2.37. The van der Waals surface area contributed by atoms with E-state index in [1.54, 1.807) is 18.3 Å². The van der Waals surface area contributed by atoms with Crippen molar-refractivity contribution >= 4 is 40.7 Å². The van der Waals surface area contributed by atoms with Crippen molar-refractivity contribution in [2.45, 2.75) is 6.54 Å². The van der Waals surface area contributed by atoms with E-state index in [0.717, 1.165) is 11.3 Å². The molecule has 7 heteroatoms. The zero-order valence-corrected chi connectivity index (χ0v) is 13.5. The zero-order valence-electron chi connectivity index (χ0n) is 12.0. The summed E-state index contributed by atoms with van der Waals surface area (Å²) in [6.45, 7) is 0.551. The fraction of sp³-hybridized carbons (Fsp3) is 0.0625. The third-order valence-corrected chi connectivity index (χ3v) is 3.66. The van der Waals surface area contributed by atoms with E-state index in [1.807, 2.05) is 36.4 Å². The van der Waals surface area contributed by atoms with Crippen LogP contribution in [0, 0.1) is 0 Å². The number of benzene rings is 2. The summed E-state index contributed by atoms with van der Waals surface area (Å²) in [6.07, 6.45) is 1.56. The van der Waals surface area contributed by atoms with Crippen LogP contribution in [0.5, 0.6) is 0 Å². The molecule has 1 heterocycles. The summed E-state index contributed by atoms with van der Waals surface area (Å²) in [5.74, 6) is 0.987. The molecule has 0 amide bonds. The third-order valence-electron chi connectivity index (χ3n) is 3.06. The van der Waals surface area contributed by atoms with Crippen LogP contribution in [0.2, 0.25) is 10.0 Å². The van der Waals surface area contributed by atoms with Crippen molar-refractivity contribution in [2.24, 2.45) is 0 Å². The van der Waals surface area contributed by atoms with E-state index in [2.05, 4.69) is 25.8 Å². The Morgan fingerprint density at radius 3 is 2.70 bits per heavy atom. The molecule has 0 atom stereocenters. The maximum atomic E-state index is 6.13. The summed E-state index contributed by atoms with van der Waals surface area (Å²) in [4.78, 5) is 4.36. The Morgan fingerprint density at radius 1 is 1.00 bits per heavy atom. The van der Waals surface area contributed by atoms with E-state index in [-0.39, 0.29) is 0 Å². The Bertz CT molecular complexity index is 810. The lowest BCUT2D eigenvalue weighted by Gasteiger charge is -2.08. The van der Waals surface area contributed by atoms with Crippen molar-refractivity contribution in [1.82, 2.24) is 15.2 Å². The lowest BCUT2D eigenvalue weighted by molar-refractivity contribution is 0.966. The predicted octanol–water partition coefficient (Wildman–Crippen LogP) is 4.53. The van der Waals surface area contributed by atoms with Crippen LogP contribution in [0.25, 0.3) is 0 Å². The fourth-order valence-corrected chi connectivity index (χ4v) is 2.36. The highest BCUT2D eigenvalue weighted by Crippen LogP contribution is 2.19. The summed E-state index contributed by atoms with van der Waals surface area (Å²) in [5.41, 5.74) is 1.78. The molecule has 0 bridgehead atoms. The van der Waals surface area contributed by atoms with Gasteiger partial charge in [0.15, 0.2) is 5.82 Å². The number of hydrogen-bond acceptors (Lipinski definition) is 5. The molecule has 1 aromatic heterocycles. The average molecular weight is 346 g/mol. The molecule has 0 aliphatic carbocycles. The summed E-state index contributed by atoms with van der Waals surface area (Å²) in [6, 6.07) is 14.9. The fourth-order valence-electron chi connectivity index (χ4n) is 1.96. The van der Waals surface area contributed by atoms with Gasteiger partial charge < -0.3 is 10.6 Å². The molecule has 0 fully saturated rings. The minimum absolute atomic E-state index is 0.386. The maximum Gasteiger partial charge on any atom is 0.249 e. The highest BCUT2D eigenvalue weighted by atomic mass is 35.5. The van der Waals surface area contributed by atoms with Crippen LogP contribution in [0.4, 0.5) is 17.5 Å². The standard InChI is InChI=1S/C16H13Cl2N5/c17-12-5-3-6-13(8-12)21-16-22-15(10-20-23-16)19-9-11-4-1-2-7-14(11)18/h1-8,10H,9H2,(H2,19,21,22,23). The molecule has 23 heavy (non-hydrogen) atoms. The normalized spacial score (nSPS) is 10.3. The van der Waals surface area contributed by atoms with Crippen molar-refractivity contribution in [1.29, 1.82) is 0 Å². The molecular formula is C16H13Cl2N5. The van der Waals surface area contributed by atoms with Gasteiger partial charge in [0, 0.05) is 22.3 Å². The monoisotopic (exact) mass is 345 g/mol. The summed E-state index contributed by atoms with van der Waals surface area (Å²) < 4.78 is 0. The Labute approximate surface area is 143 Å². The molecule has 2 aromatic carbocycles. The second-order valence-electron chi connectivity index (χ2n) is 4.75. The Morgan fingerprint density at radius 2 is 1.87 bits per heavy atom. The maximum absolute atomic E-state index is 6.13. The number of anilines is 3. The van der Waals surface area contributed by atoms with Gasteiger partial charge in [0.1, 0.15) is 0 Å². The van der Waals surface area contributed by atoms with Crippen LogP contribution in [-0.2, 0) is 6.54 Å². The zero-order chi connectivity index (χ0) is 16.1. The first-order valence-electron chi connectivity index (χ1n) is 6.90. The molecule has 0 aliphatic rings. The van der Waals surface area contributed by atoms with Crippen LogP contribution in [0.15, 0.2) is 54.7 Å². The topological polar surface area (TPSA) is 62.7 Å². The molecular weight excluding hydrogens is 333 g/mol. The van der Waals surface area contributed by atoms with Crippen molar-refractivity contribution in [2.75, 3.05) is 10.6 Å². The van der Waals surface area contributed by atoms with Crippen molar-refractivity contribution < 1.29 is 0 Å². The Balaban J connectivity index is 1.69. The molecule has 0 spiro atoms. The first kappa shape index (κ1) is 15.5. The van der Waals surface area contributed by atoms with Crippen LogP contribution in [0.3, 0.4) is 0 Å². The Kier molecular flexibility index (Phi) is 4.90. The number of nitrogens with zero attached hydrogens (tertiary/aromatic N) is 3.